The largest absolute Gasteiger partial charge is 0.612 e. The fourth-order valence-corrected chi connectivity index (χ4v) is 8.18. The average Bonchev–Trinajstić information content (AvgIpc) is 3.14. The number of hydrogen-bond donors (Lipinski definition) is 4. The van der Waals surface area contributed by atoms with Crippen molar-refractivity contribution in [2.45, 2.75) is 54.4 Å². The Bertz CT molecular complexity index is 1990. The predicted octanol–water partition coefficient (Wildman–Crippen LogP) is 7.41. The van der Waals surface area contributed by atoms with E-state index in [9.17, 15) is 23.7 Å². The number of nitrogens with zero attached hydrogens (tertiary/aromatic N) is 2. The van der Waals surface area contributed by atoms with E-state index in [1.165, 1.54) is 5.56 Å². The van der Waals surface area contributed by atoms with Crippen molar-refractivity contribution in [1.29, 1.82) is 0 Å². The summed E-state index contributed by atoms with van der Waals surface area (Å²) in [5.41, 5.74) is 0.0687. The third-order valence-corrected chi connectivity index (χ3v) is 11.7. The highest BCUT2D eigenvalue weighted by Gasteiger charge is 2.40. The van der Waals surface area contributed by atoms with E-state index < -0.39 is 47.5 Å². The van der Waals surface area contributed by atoms with Crippen molar-refractivity contribution >= 4 is 80.6 Å². The molecule has 5 rings (SSSR count). The van der Waals surface area contributed by atoms with Crippen molar-refractivity contribution in [2.24, 2.45) is 0 Å². The van der Waals surface area contributed by atoms with Gasteiger partial charge in [-0.3, -0.25) is 14.4 Å². The number of aliphatic hydroxyl groups is 1. The van der Waals surface area contributed by atoms with E-state index in [0.29, 0.717) is 33.1 Å². The molecular formula is C40H43Cl3N2O9S. The minimum absolute atomic E-state index is 0.0587. The van der Waals surface area contributed by atoms with Gasteiger partial charge in [0.1, 0.15) is 6.26 Å². The van der Waals surface area contributed by atoms with Crippen molar-refractivity contribution in [1.82, 2.24) is 9.80 Å². The third kappa shape index (κ3) is 11.8. The Balaban J connectivity index is 0.000000444. The van der Waals surface area contributed by atoms with Crippen molar-refractivity contribution in [3.63, 3.8) is 0 Å². The number of likely N-dealkylation sites (N-methyl/N-ethyl adjacent to an activating group) is 1. The number of carboxylic acids is 3. The molecule has 2 atom stereocenters. The van der Waals surface area contributed by atoms with Crippen LogP contribution in [0, 0.1) is 0 Å². The molecule has 0 bridgehead atoms. The number of amides is 1. The first kappa shape index (κ1) is 43.8. The lowest BCUT2D eigenvalue weighted by atomic mass is 9.88. The SMILES string of the molecule is CN(C[C@@H](CCN1CCC(c2ccccc2[S+](C)[O-])CC1)c1ccc(Cl)c(Cl)c1)C(=O)c1c(Cl)ccc2ccccc12.O=C(O)CC(O)(CC(=O)O)C(=O)O. The van der Waals surface area contributed by atoms with Gasteiger partial charge in [-0.05, 0) is 96.6 Å². The number of carbonyl (C=O) groups excluding carboxylic acids is 1. The van der Waals surface area contributed by atoms with Gasteiger partial charge < -0.3 is 34.8 Å². The average molecular weight is 834 g/mol. The maximum absolute atomic E-state index is 13.8. The van der Waals surface area contributed by atoms with E-state index in [2.05, 4.69) is 11.0 Å². The molecule has 4 aromatic rings. The van der Waals surface area contributed by atoms with Gasteiger partial charge in [-0.2, -0.15) is 0 Å². The molecule has 11 nitrogen and oxygen atoms in total. The highest BCUT2D eigenvalue weighted by atomic mass is 35.5. The van der Waals surface area contributed by atoms with Crippen molar-refractivity contribution in [3.8, 4) is 0 Å². The zero-order valence-corrected chi connectivity index (χ0v) is 33.4. The summed E-state index contributed by atoms with van der Waals surface area (Å²) in [7, 11) is 1.84. The Labute approximate surface area is 337 Å². The Hall–Kier alpha value is -3.88. The zero-order chi connectivity index (χ0) is 40.4. The monoisotopic (exact) mass is 832 g/mol. The number of carboxylic acid groups (broad SMARTS) is 3. The lowest BCUT2D eigenvalue weighted by molar-refractivity contribution is -0.170. The van der Waals surface area contributed by atoms with Crippen molar-refractivity contribution in [2.75, 3.05) is 39.5 Å². The molecule has 1 heterocycles. The van der Waals surface area contributed by atoms with Gasteiger partial charge in [0, 0.05) is 25.1 Å². The Morgan fingerprint density at radius 1 is 0.873 bits per heavy atom. The Kier molecular flexibility index (Phi) is 15.8. The molecule has 0 spiro atoms. The van der Waals surface area contributed by atoms with Crippen LogP contribution < -0.4 is 0 Å². The quantitative estimate of drug-likeness (QED) is 0.0935. The minimum atomic E-state index is -2.74. The molecule has 294 valence electrons. The predicted molar refractivity (Wildman–Crippen MR) is 214 cm³/mol. The first-order chi connectivity index (χ1) is 26.0. The van der Waals surface area contributed by atoms with Gasteiger partial charge in [-0.15, -0.1) is 0 Å². The molecule has 4 aromatic carbocycles. The summed E-state index contributed by atoms with van der Waals surface area (Å²) in [5, 5.41) is 37.1. The number of rotatable bonds is 14. The van der Waals surface area contributed by atoms with Gasteiger partial charge in [0.15, 0.2) is 10.5 Å². The van der Waals surface area contributed by atoms with Crippen LogP contribution in [0.15, 0.2) is 83.8 Å². The topological polar surface area (TPSA) is 179 Å². The summed E-state index contributed by atoms with van der Waals surface area (Å²) in [4.78, 5) is 49.5. The van der Waals surface area contributed by atoms with Gasteiger partial charge in [-0.1, -0.05) is 89.4 Å². The van der Waals surface area contributed by atoms with Crippen LogP contribution in [0.1, 0.15) is 65.4 Å². The summed E-state index contributed by atoms with van der Waals surface area (Å²) in [5.74, 6) is -4.64. The molecule has 0 saturated carbocycles. The second-order valence-electron chi connectivity index (χ2n) is 13.6. The van der Waals surface area contributed by atoms with E-state index >= 15 is 0 Å². The number of piperidine rings is 1. The van der Waals surface area contributed by atoms with Gasteiger partial charge in [0.2, 0.25) is 0 Å². The molecule has 4 N–H and O–H groups in total. The van der Waals surface area contributed by atoms with Crippen LogP contribution in [0.4, 0.5) is 0 Å². The summed E-state index contributed by atoms with van der Waals surface area (Å²) >= 11 is 18.3. The summed E-state index contributed by atoms with van der Waals surface area (Å²) in [6.07, 6.45) is 2.39. The number of fused-ring (bicyclic) bond motifs is 1. The van der Waals surface area contributed by atoms with E-state index in [1.54, 1.807) is 17.2 Å². The number of halogens is 3. The molecule has 1 aliphatic heterocycles. The molecule has 0 radical (unpaired) electrons. The molecule has 1 amide bonds. The first-order valence-corrected chi connectivity index (χ1v) is 20.1. The maximum atomic E-state index is 13.8. The van der Waals surface area contributed by atoms with E-state index in [1.807, 2.05) is 73.8 Å². The lowest BCUT2D eigenvalue weighted by Gasteiger charge is -2.34. The molecule has 0 aromatic heterocycles. The molecule has 55 heavy (non-hydrogen) atoms. The number of carbonyl (C=O) groups is 4. The van der Waals surface area contributed by atoms with Crippen LogP contribution >= 0.6 is 34.8 Å². The molecular weight excluding hydrogens is 791 g/mol. The highest BCUT2D eigenvalue weighted by Crippen LogP contribution is 2.34. The van der Waals surface area contributed by atoms with Gasteiger partial charge in [-0.25, -0.2) is 4.79 Å². The number of likely N-dealkylation sites (tertiary alicyclic amines) is 1. The Morgan fingerprint density at radius 2 is 1.47 bits per heavy atom. The molecule has 1 unspecified atom stereocenters. The second-order valence-corrected chi connectivity index (χ2v) is 16.1. The van der Waals surface area contributed by atoms with E-state index in [0.717, 1.165) is 60.1 Å². The third-order valence-electron chi connectivity index (χ3n) is 9.68. The molecule has 0 aliphatic carbocycles. The first-order valence-electron chi connectivity index (χ1n) is 17.4. The van der Waals surface area contributed by atoms with Crippen LogP contribution in [0.5, 0.6) is 0 Å². The fourth-order valence-electron chi connectivity index (χ4n) is 6.80. The maximum Gasteiger partial charge on any atom is 0.336 e. The second kappa shape index (κ2) is 19.8. The van der Waals surface area contributed by atoms with Gasteiger partial charge >= 0.3 is 17.9 Å². The molecule has 1 saturated heterocycles. The Morgan fingerprint density at radius 3 is 2.07 bits per heavy atom. The molecule has 1 aliphatic rings. The number of benzene rings is 4. The zero-order valence-electron chi connectivity index (χ0n) is 30.3. The normalized spacial score (nSPS) is 14.7. The van der Waals surface area contributed by atoms with Crippen LogP contribution in [-0.4, -0.2) is 104 Å². The van der Waals surface area contributed by atoms with Gasteiger partial charge in [0.05, 0.1) is 33.5 Å². The van der Waals surface area contributed by atoms with E-state index in [-0.39, 0.29) is 11.8 Å². The standard InChI is InChI=1S/C34H35Cl3N2O2S.C6H8O7/c1-38(34(40)33-28-9-4-3-7-23(28)11-14-30(33)36)22-26(25-12-13-29(35)31(37)21-25)17-20-39-18-15-24(16-19-39)27-8-5-6-10-32(27)42(2)41;7-3(8)1-6(13,5(11)12)2-4(9)10/h3-14,21,24,26H,15-20,22H2,1-2H3;13H,1-2H2,(H,7,8)(H,9,10)(H,11,12)/t26-,42?;/m1./s1. The molecule has 1 fully saturated rings. The van der Waals surface area contributed by atoms with Gasteiger partial charge in [0.25, 0.3) is 5.91 Å². The van der Waals surface area contributed by atoms with Crippen molar-refractivity contribution in [3.05, 3.63) is 111 Å². The summed E-state index contributed by atoms with van der Waals surface area (Å²) in [6.45, 7) is 3.37. The highest BCUT2D eigenvalue weighted by molar-refractivity contribution is 7.90. The smallest absolute Gasteiger partial charge is 0.336 e. The van der Waals surface area contributed by atoms with Crippen LogP contribution in [0.2, 0.25) is 15.1 Å². The fraction of sp³-hybridized carbons (Fsp3) is 0.350. The summed E-state index contributed by atoms with van der Waals surface area (Å²) in [6, 6.07) is 25.4. The molecule has 15 heteroatoms. The van der Waals surface area contributed by atoms with Crippen molar-refractivity contribution < 1.29 is 44.2 Å². The van der Waals surface area contributed by atoms with Crippen LogP contribution in [-0.2, 0) is 25.6 Å². The number of hydrogen-bond acceptors (Lipinski definition) is 7. The summed E-state index contributed by atoms with van der Waals surface area (Å²) < 4.78 is 12.3. The van der Waals surface area contributed by atoms with Crippen LogP contribution in [0.25, 0.3) is 10.8 Å². The van der Waals surface area contributed by atoms with Crippen LogP contribution in [0.3, 0.4) is 0 Å². The number of aliphatic carboxylic acids is 3. The minimum Gasteiger partial charge on any atom is -0.612 e. The van der Waals surface area contributed by atoms with E-state index in [4.69, 9.17) is 55.2 Å². The lowest BCUT2D eigenvalue weighted by Crippen LogP contribution is -2.42.